The van der Waals surface area contributed by atoms with Crippen LogP contribution in [0.4, 0.5) is 15.9 Å². The van der Waals surface area contributed by atoms with Crippen molar-refractivity contribution in [2.45, 2.75) is 13.3 Å². The highest BCUT2D eigenvalue weighted by Gasteiger charge is 2.16. The van der Waals surface area contributed by atoms with Gasteiger partial charge in [-0.1, -0.05) is 25.1 Å². The molecule has 0 spiro atoms. The average molecular weight is 321 g/mol. The standard InChI is InChI=1S/C18H16FN5/c1-3-16-21-22-18-20-17(14-9-4-5-10-15(14)24(16)18)23(2)13-8-6-7-12(19)11-13/h4-11H,3H2,1-2H3. The highest BCUT2D eigenvalue weighted by atomic mass is 19.1. The van der Waals surface area contributed by atoms with Crippen molar-refractivity contribution in [2.75, 3.05) is 11.9 Å². The summed E-state index contributed by atoms with van der Waals surface area (Å²) in [6.07, 6.45) is 0.770. The predicted octanol–water partition coefficient (Wildman–Crippen LogP) is 3.75. The first-order chi connectivity index (χ1) is 11.7. The number of nitrogens with zero attached hydrogens (tertiary/aromatic N) is 5. The van der Waals surface area contributed by atoms with Gasteiger partial charge in [0, 0.05) is 24.5 Å². The molecule has 24 heavy (non-hydrogen) atoms. The smallest absolute Gasteiger partial charge is 0.257 e. The van der Waals surface area contributed by atoms with Crippen LogP contribution in [0, 0.1) is 5.82 Å². The van der Waals surface area contributed by atoms with Crippen molar-refractivity contribution in [1.82, 2.24) is 19.6 Å². The van der Waals surface area contributed by atoms with E-state index >= 15 is 0 Å². The first-order valence-electron chi connectivity index (χ1n) is 7.81. The molecule has 4 rings (SSSR count). The zero-order valence-electron chi connectivity index (χ0n) is 13.4. The molecule has 0 N–H and O–H groups in total. The number of benzene rings is 2. The van der Waals surface area contributed by atoms with E-state index in [1.165, 1.54) is 12.1 Å². The fourth-order valence-corrected chi connectivity index (χ4v) is 2.93. The fraction of sp³-hybridized carbons (Fsp3) is 0.167. The quantitative estimate of drug-likeness (QED) is 0.576. The number of fused-ring (bicyclic) bond motifs is 3. The van der Waals surface area contributed by atoms with Gasteiger partial charge in [-0.15, -0.1) is 10.2 Å². The summed E-state index contributed by atoms with van der Waals surface area (Å²) in [5, 5.41) is 9.38. The van der Waals surface area contributed by atoms with Crippen LogP contribution >= 0.6 is 0 Å². The summed E-state index contributed by atoms with van der Waals surface area (Å²) < 4.78 is 15.6. The lowest BCUT2D eigenvalue weighted by Gasteiger charge is -2.20. The van der Waals surface area contributed by atoms with E-state index in [1.807, 2.05) is 53.6 Å². The van der Waals surface area contributed by atoms with Gasteiger partial charge in [0.05, 0.1) is 5.52 Å². The Morgan fingerprint density at radius 3 is 2.71 bits per heavy atom. The number of hydrogen-bond acceptors (Lipinski definition) is 4. The molecule has 2 aromatic carbocycles. The number of aryl methyl sites for hydroxylation is 1. The van der Waals surface area contributed by atoms with Gasteiger partial charge in [0.25, 0.3) is 5.78 Å². The first-order valence-corrected chi connectivity index (χ1v) is 7.81. The molecule has 0 saturated heterocycles. The van der Waals surface area contributed by atoms with Gasteiger partial charge in [0.2, 0.25) is 0 Å². The summed E-state index contributed by atoms with van der Waals surface area (Å²) >= 11 is 0. The zero-order chi connectivity index (χ0) is 16.7. The Morgan fingerprint density at radius 2 is 1.92 bits per heavy atom. The second kappa shape index (κ2) is 5.56. The van der Waals surface area contributed by atoms with Crippen molar-refractivity contribution in [2.24, 2.45) is 0 Å². The maximum absolute atomic E-state index is 13.6. The molecule has 0 fully saturated rings. The Morgan fingerprint density at radius 1 is 1.08 bits per heavy atom. The Balaban J connectivity index is 2.01. The molecule has 2 heterocycles. The third-order valence-corrected chi connectivity index (χ3v) is 4.13. The van der Waals surface area contributed by atoms with Crippen molar-refractivity contribution < 1.29 is 4.39 Å². The van der Waals surface area contributed by atoms with Crippen molar-refractivity contribution >= 4 is 28.2 Å². The van der Waals surface area contributed by atoms with Crippen LogP contribution < -0.4 is 4.90 Å². The van der Waals surface area contributed by atoms with Crippen LogP contribution in [-0.4, -0.2) is 26.6 Å². The Hall–Kier alpha value is -3.02. The summed E-state index contributed by atoms with van der Waals surface area (Å²) in [5.41, 5.74) is 1.72. The third kappa shape index (κ3) is 2.19. The minimum atomic E-state index is -0.277. The molecule has 0 aliphatic carbocycles. The first kappa shape index (κ1) is 14.6. The summed E-state index contributed by atoms with van der Waals surface area (Å²) in [6.45, 7) is 2.04. The highest BCUT2D eigenvalue weighted by Crippen LogP contribution is 2.30. The predicted molar refractivity (Wildman–Crippen MR) is 92.1 cm³/mol. The average Bonchev–Trinajstić information content (AvgIpc) is 3.03. The molecule has 0 radical (unpaired) electrons. The van der Waals surface area contributed by atoms with Gasteiger partial charge in [0.1, 0.15) is 17.5 Å². The van der Waals surface area contributed by atoms with Gasteiger partial charge >= 0.3 is 0 Å². The van der Waals surface area contributed by atoms with Crippen molar-refractivity contribution in [1.29, 1.82) is 0 Å². The molecule has 0 amide bonds. The maximum atomic E-state index is 13.6. The van der Waals surface area contributed by atoms with Gasteiger partial charge in [0.15, 0.2) is 0 Å². The topological polar surface area (TPSA) is 46.3 Å². The van der Waals surface area contributed by atoms with Crippen LogP contribution in [-0.2, 0) is 6.42 Å². The van der Waals surface area contributed by atoms with Crippen LogP contribution in [0.1, 0.15) is 12.7 Å². The lowest BCUT2D eigenvalue weighted by atomic mass is 10.2. The molecule has 0 aliphatic heterocycles. The van der Waals surface area contributed by atoms with E-state index in [0.717, 1.165) is 34.7 Å². The van der Waals surface area contributed by atoms with E-state index in [-0.39, 0.29) is 5.82 Å². The van der Waals surface area contributed by atoms with E-state index in [9.17, 15) is 4.39 Å². The summed E-state index contributed by atoms with van der Waals surface area (Å²) in [7, 11) is 1.87. The van der Waals surface area contributed by atoms with E-state index < -0.39 is 0 Å². The van der Waals surface area contributed by atoms with Crippen LogP contribution in [0.3, 0.4) is 0 Å². The number of para-hydroxylation sites is 1. The van der Waals surface area contributed by atoms with Crippen molar-refractivity contribution in [3.05, 3.63) is 60.2 Å². The maximum Gasteiger partial charge on any atom is 0.257 e. The lowest BCUT2D eigenvalue weighted by molar-refractivity contribution is 0.628. The molecule has 6 heteroatoms. The summed E-state index contributed by atoms with van der Waals surface area (Å²) in [6, 6.07) is 14.4. The molecule has 0 atom stereocenters. The van der Waals surface area contributed by atoms with Crippen LogP contribution in [0.15, 0.2) is 48.5 Å². The minimum absolute atomic E-state index is 0.277. The number of anilines is 2. The van der Waals surface area contributed by atoms with Crippen LogP contribution in [0.2, 0.25) is 0 Å². The van der Waals surface area contributed by atoms with Crippen LogP contribution in [0.5, 0.6) is 0 Å². The number of halogens is 1. The molecule has 5 nitrogen and oxygen atoms in total. The number of aromatic nitrogens is 4. The van der Waals surface area contributed by atoms with E-state index in [0.29, 0.717) is 5.78 Å². The van der Waals surface area contributed by atoms with Crippen molar-refractivity contribution in [3.8, 4) is 0 Å². The normalized spacial score (nSPS) is 11.3. The molecule has 0 unspecified atom stereocenters. The lowest BCUT2D eigenvalue weighted by Crippen LogP contribution is -2.13. The van der Waals surface area contributed by atoms with Gasteiger partial charge in [-0.25, -0.2) is 4.39 Å². The van der Waals surface area contributed by atoms with E-state index in [2.05, 4.69) is 15.2 Å². The molecule has 0 bridgehead atoms. The molecule has 4 aromatic rings. The molecule has 120 valence electrons. The van der Waals surface area contributed by atoms with Crippen LogP contribution in [0.25, 0.3) is 16.7 Å². The number of rotatable bonds is 3. The second-order valence-electron chi connectivity index (χ2n) is 5.60. The summed E-state index contributed by atoms with van der Waals surface area (Å²) in [5.74, 6) is 1.86. The molecular weight excluding hydrogens is 305 g/mol. The van der Waals surface area contributed by atoms with Gasteiger partial charge < -0.3 is 4.90 Å². The van der Waals surface area contributed by atoms with E-state index in [1.54, 1.807) is 6.07 Å². The highest BCUT2D eigenvalue weighted by molar-refractivity contribution is 5.93. The van der Waals surface area contributed by atoms with Gasteiger partial charge in [-0.2, -0.15) is 4.98 Å². The molecule has 0 saturated carbocycles. The minimum Gasteiger partial charge on any atom is -0.329 e. The third-order valence-electron chi connectivity index (χ3n) is 4.13. The van der Waals surface area contributed by atoms with Gasteiger partial charge in [-0.3, -0.25) is 4.40 Å². The largest absolute Gasteiger partial charge is 0.329 e. The Bertz CT molecular complexity index is 1040. The number of hydrogen-bond donors (Lipinski definition) is 0. The van der Waals surface area contributed by atoms with E-state index in [4.69, 9.17) is 0 Å². The van der Waals surface area contributed by atoms with Gasteiger partial charge in [-0.05, 0) is 30.3 Å². The van der Waals surface area contributed by atoms with Crippen molar-refractivity contribution in [3.63, 3.8) is 0 Å². The Kier molecular flexibility index (Phi) is 3.37. The molecular formula is C18H16FN5. The zero-order valence-corrected chi connectivity index (χ0v) is 13.4. The molecule has 2 aromatic heterocycles. The monoisotopic (exact) mass is 321 g/mol. The fourth-order valence-electron chi connectivity index (χ4n) is 2.93. The SMILES string of the molecule is CCc1nnc2nc(N(C)c3cccc(F)c3)c3ccccc3n12. The molecule has 0 aliphatic rings. The Labute approximate surface area is 138 Å². The second-order valence-corrected chi connectivity index (χ2v) is 5.60. The summed E-state index contributed by atoms with van der Waals surface area (Å²) in [4.78, 5) is 6.54.